The number of nitrogens with one attached hydrogen (secondary N) is 2. The number of hydrogen-bond acceptors (Lipinski definition) is 8. The first kappa shape index (κ1) is 23.4. The highest BCUT2D eigenvalue weighted by Crippen LogP contribution is 2.40. The van der Waals surface area contributed by atoms with Gasteiger partial charge in [0.2, 0.25) is 5.43 Å². The molecule has 0 radical (unpaired) electrons. The van der Waals surface area contributed by atoms with Gasteiger partial charge in [0.15, 0.2) is 0 Å². The second-order valence-corrected chi connectivity index (χ2v) is 9.05. The van der Waals surface area contributed by atoms with E-state index in [1.54, 1.807) is 31.2 Å². The number of anilines is 1. The molecule has 4 rings (SSSR count). The largest absolute Gasteiger partial charge is 0.463 e. The van der Waals surface area contributed by atoms with Crippen LogP contribution in [0.15, 0.2) is 44.8 Å². The molecule has 0 aliphatic heterocycles. The molecule has 2 amide bonds. The van der Waals surface area contributed by atoms with E-state index >= 15 is 0 Å². The van der Waals surface area contributed by atoms with Gasteiger partial charge in [0, 0.05) is 4.88 Å². The van der Waals surface area contributed by atoms with E-state index in [1.807, 2.05) is 0 Å². The summed E-state index contributed by atoms with van der Waals surface area (Å²) in [5.74, 6) is -2.09. The van der Waals surface area contributed by atoms with E-state index < -0.39 is 17.8 Å². The molecule has 1 unspecified atom stereocenters. The molecule has 176 valence electrons. The average molecular weight is 482 g/mol. The zero-order valence-corrected chi connectivity index (χ0v) is 19.5. The van der Waals surface area contributed by atoms with Crippen molar-refractivity contribution in [2.24, 2.45) is 11.0 Å². The number of carbonyl (C=O) groups excluding carboxylic acids is 3. The van der Waals surface area contributed by atoms with E-state index in [1.165, 1.54) is 17.6 Å². The SMILES string of the molecule is CCOC(=O)c1c(NC(=O)C(=O)N/N=C/c2coc3ccccc3c2=O)sc2c1CCC(C)C2. The molecule has 1 atom stereocenters. The van der Waals surface area contributed by atoms with Crippen molar-refractivity contribution in [1.82, 2.24) is 5.43 Å². The van der Waals surface area contributed by atoms with E-state index in [9.17, 15) is 19.2 Å². The zero-order valence-electron chi connectivity index (χ0n) is 18.7. The first-order chi connectivity index (χ1) is 16.4. The highest BCUT2D eigenvalue weighted by molar-refractivity contribution is 7.17. The fourth-order valence-electron chi connectivity index (χ4n) is 3.81. The van der Waals surface area contributed by atoms with Crippen LogP contribution in [-0.4, -0.2) is 30.6 Å². The van der Waals surface area contributed by atoms with Crippen molar-refractivity contribution in [3.05, 3.63) is 62.3 Å². The van der Waals surface area contributed by atoms with Crippen LogP contribution in [0.5, 0.6) is 0 Å². The molecule has 9 nitrogen and oxygen atoms in total. The number of carbonyl (C=O) groups is 3. The molecule has 1 aliphatic carbocycles. The number of hydrogen-bond donors (Lipinski definition) is 2. The van der Waals surface area contributed by atoms with Crippen molar-refractivity contribution < 1.29 is 23.5 Å². The van der Waals surface area contributed by atoms with Crippen LogP contribution in [0.25, 0.3) is 11.0 Å². The van der Waals surface area contributed by atoms with Gasteiger partial charge >= 0.3 is 17.8 Å². The molecule has 2 N–H and O–H groups in total. The van der Waals surface area contributed by atoms with Gasteiger partial charge in [-0.05, 0) is 49.8 Å². The summed E-state index contributed by atoms with van der Waals surface area (Å²) in [6, 6.07) is 6.74. The third kappa shape index (κ3) is 4.76. The summed E-state index contributed by atoms with van der Waals surface area (Å²) in [6.45, 7) is 4.04. The monoisotopic (exact) mass is 481 g/mol. The minimum atomic E-state index is -1.05. The van der Waals surface area contributed by atoms with Crippen LogP contribution < -0.4 is 16.2 Å². The van der Waals surface area contributed by atoms with Gasteiger partial charge in [0.05, 0.1) is 29.3 Å². The van der Waals surface area contributed by atoms with Crippen molar-refractivity contribution in [2.45, 2.75) is 33.1 Å². The second-order valence-electron chi connectivity index (χ2n) is 7.95. The number of fused-ring (bicyclic) bond motifs is 2. The smallest absolute Gasteiger partial charge is 0.341 e. The summed E-state index contributed by atoms with van der Waals surface area (Å²) < 4.78 is 10.6. The van der Waals surface area contributed by atoms with Crippen LogP contribution in [0.1, 0.15) is 46.6 Å². The normalized spacial score (nSPS) is 15.2. The van der Waals surface area contributed by atoms with E-state index in [0.29, 0.717) is 28.9 Å². The number of amides is 2. The van der Waals surface area contributed by atoms with Gasteiger partial charge in [-0.3, -0.25) is 14.4 Å². The van der Waals surface area contributed by atoms with Gasteiger partial charge in [0.25, 0.3) is 0 Å². The number of para-hydroxylation sites is 1. The Labute approximate surface area is 198 Å². The van der Waals surface area contributed by atoms with Crippen molar-refractivity contribution >= 4 is 51.3 Å². The van der Waals surface area contributed by atoms with Crippen molar-refractivity contribution in [3.63, 3.8) is 0 Å². The van der Waals surface area contributed by atoms with Crippen molar-refractivity contribution in [3.8, 4) is 0 Å². The Morgan fingerprint density at radius 2 is 2.06 bits per heavy atom. The molecular weight excluding hydrogens is 458 g/mol. The molecule has 10 heteroatoms. The molecular formula is C24H23N3O6S. The molecule has 0 saturated carbocycles. The predicted octanol–water partition coefficient (Wildman–Crippen LogP) is 3.24. The lowest BCUT2D eigenvalue weighted by atomic mass is 9.88. The number of nitrogens with zero attached hydrogens (tertiary/aromatic N) is 1. The molecule has 0 bridgehead atoms. The summed E-state index contributed by atoms with van der Waals surface area (Å²) >= 11 is 1.28. The summed E-state index contributed by atoms with van der Waals surface area (Å²) in [4.78, 5) is 50.8. The molecule has 2 aromatic heterocycles. The van der Waals surface area contributed by atoms with Crippen LogP contribution in [-0.2, 0) is 27.2 Å². The Morgan fingerprint density at radius 1 is 1.26 bits per heavy atom. The lowest BCUT2D eigenvalue weighted by Gasteiger charge is -2.18. The summed E-state index contributed by atoms with van der Waals surface area (Å²) in [6.07, 6.45) is 4.78. The topological polar surface area (TPSA) is 127 Å². The highest BCUT2D eigenvalue weighted by Gasteiger charge is 2.30. The molecule has 34 heavy (non-hydrogen) atoms. The minimum Gasteiger partial charge on any atom is -0.463 e. The molecule has 1 aromatic carbocycles. The maximum Gasteiger partial charge on any atom is 0.341 e. The number of rotatable bonds is 5. The van der Waals surface area contributed by atoms with E-state index in [0.717, 1.165) is 29.5 Å². The highest BCUT2D eigenvalue weighted by atomic mass is 32.1. The Morgan fingerprint density at radius 3 is 2.85 bits per heavy atom. The number of hydrazone groups is 1. The van der Waals surface area contributed by atoms with Gasteiger partial charge in [-0.1, -0.05) is 19.1 Å². The van der Waals surface area contributed by atoms with Crippen LogP contribution in [0.3, 0.4) is 0 Å². The maximum atomic E-state index is 12.6. The molecule has 1 aliphatic rings. The molecule has 0 spiro atoms. The predicted molar refractivity (Wildman–Crippen MR) is 128 cm³/mol. The molecule has 2 heterocycles. The molecule has 0 saturated heterocycles. The van der Waals surface area contributed by atoms with E-state index in [4.69, 9.17) is 9.15 Å². The molecule has 3 aromatic rings. The standard InChI is InChI=1S/C24H23N3O6S/c1-3-32-24(31)19-16-9-8-13(2)10-18(16)34-23(19)26-21(29)22(30)27-25-11-14-12-33-17-7-5-4-6-15(17)20(14)28/h4-7,11-13H,3,8-10H2,1-2H3,(H,26,29)(H,27,30)/b25-11+. The quantitative estimate of drug-likeness (QED) is 0.249. The fourth-order valence-corrected chi connectivity index (χ4v) is 5.21. The third-order valence-electron chi connectivity index (χ3n) is 5.50. The maximum absolute atomic E-state index is 12.6. The Balaban J connectivity index is 1.48. The summed E-state index contributed by atoms with van der Waals surface area (Å²) in [7, 11) is 0. The Bertz CT molecular complexity index is 1360. The summed E-state index contributed by atoms with van der Waals surface area (Å²) in [5.41, 5.74) is 3.51. The van der Waals surface area contributed by atoms with Gasteiger partial charge in [-0.15, -0.1) is 11.3 Å². The lowest BCUT2D eigenvalue weighted by molar-refractivity contribution is -0.136. The average Bonchev–Trinajstić information content (AvgIpc) is 3.17. The number of benzene rings is 1. The number of ether oxygens (including phenoxy) is 1. The van der Waals surface area contributed by atoms with Crippen LogP contribution in [0, 0.1) is 5.92 Å². The van der Waals surface area contributed by atoms with Crippen LogP contribution in [0.2, 0.25) is 0 Å². The Kier molecular flexibility index (Phi) is 6.87. The Hall–Kier alpha value is -3.79. The van der Waals surface area contributed by atoms with Gasteiger partial charge in [0.1, 0.15) is 16.8 Å². The van der Waals surface area contributed by atoms with E-state index in [-0.39, 0.29) is 22.6 Å². The first-order valence-electron chi connectivity index (χ1n) is 10.9. The second kappa shape index (κ2) is 10.0. The van der Waals surface area contributed by atoms with Gasteiger partial charge in [-0.25, -0.2) is 10.2 Å². The number of esters is 1. The van der Waals surface area contributed by atoms with Crippen molar-refractivity contribution in [1.29, 1.82) is 0 Å². The lowest BCUT2D eigenvalue weighted by Crippen LogP contribution is -2.32. The minimum absolute atomic E-state index is 0.115. The fraction of sp³-hybridized carbons (Fsp3) is 0.292. The van der Waals surface area contributed by atoms with E-state index in [2.05, 4.69) is 22.8 Å². The van der Waals surface area contributed by atoms with Crippen LogP contribution >= 0.6 is 11.3 Å². The van der Waals surface area contributed by atoms with Gasteiger partial charge in [-0.2, -0.15) is 5.10 Å². The first-order valence-corrected chi connectivity index (χ1v) is 11.7. The van der Waals surface area contributed by atoms with Gasteiger partial charge < -0.3 is 14.5 Å². The van der Waals surface area contributed by atoms with Crippen molar-refractivity contribution in [2.75, 3.05) is 11.9 Å². The summed E-state index contributed by atoms with van der Waals surface area (Å²) in [5, 5.41) is 6.88. The molecule has 0 fully saturated rings. The number of thiophene rings is 1. The zero-order chi connectivity index (χ0) is 24.2. The van der Waals surface area contributed by atoms with Crippen LogP contribution in [0.4, 0.5) is 5.00 Å². The third-order valence-corrected chi connectivity index (χ3v) is 6.67.